The van der Waals surface area contributed by atoms with Crippen LogP contribution in [0.5, 0.6) is 0 Å². The molecule has 1 fully saturated rings. The monoisotopic (exact) mass is 257 g/mol. The predicted molar refractivity (Wildman–Crippen MR) is 68.2 cm³/mol. The van der Waals surface area contributed by atoms with Crippen LogP contribution < -0.4 is 5.32 Å². The second-order valence-electron chi connectivity index (χ2n) is 4.01. The number of hydrogen-bond acceptors (Lipinski definition) is 1. The second kappa shape index (κ2) is 5.87. The van der Waals surface area contributed by atoms with Crippen molar-refractivity contribution in [2.75, 3.05) is 26.2 Å². The van der Waals surface area contributed by atoms with E-state index >= 15 is 0 Å². The van der Waals surface area contributed by atoms with Gasteiger partial charge in [0.25, 0.3) is 0 Å². The number of nitrogens with zero attached hydrogens (tertiary/aromatic N) is 2. The van der Waals surface area contributed by atoms with E-state index < -0.39 is 0 Å². The number of halogens is 2. The summed E-state index contributed by atoms with van der Waals surface area (Å²) in [4.78, 5) is 2.38. The van der Waals surface area contributed by atoms with Crippen molar-refractivity contribution in [3.05, 3.63) is 33.8 Å². The first kappa shape index (κ1) is 12.2. The van der Waals surface area contributed by atoms with Crippen LogP contribution in [0.25, 0.3) is 0 Å². The first-order valence-electron chi connectivity index (χ1n) is 5.56. The van der Waals surface area contributed by atoms with E-state index in [4.69, 9.17) is 23.2 Å². The van der Waals surface area contributed by atoms with E-state index in [1.807, 2.05) is 18.2 Å². The van der Waals surface area contributed by atoms with E-state index in [9.17, 15) is 0 Å². The molecule has 1 aromatic rings. The maximum Gasteiger partial charge on any atom is 0.0637 e. The van der Waals surface area contributed by atoms with Crippen LogP contribution in [0.4, 0.5) is 0 Å². The van der Waals surface area contributed by atoms with Crippen molar-refractivity contribution in [3.8, 4) is 0 Å². The van der Waals surface area contributed by atoms with Gasteiger partial charge in [-0.2, -0.15) is 0 Å². The molecule has 4 heteroatoms. The summed E-state index contributed by atoms with van der Waals surface area (Å²) in [5.41, 5.74) is 1.11. The average Bonchev–Trinajstić information content (AvgIpc) is 2.53. The van der Waals surface area contributed by atoms with Gasteiger partial charge in [0.2, 0.25) is 0 Å². The van der Waals surface area contributed by atoms with Gasteiger partial charge in [-0.3, -0.25) is 4.90 Å². The van der Waals surface area contributed by atoms with Gasteiger partial charge >= 0.3 is 0 Å². The van der Waals surface area contributed by atoms with Gasteiger partial charge in [-0.05, 0) is 24.6 Å². The van der Waals surface area contributed by atoms with Crippen LogP contribution in [-0.4, -0.2) is 31.1 Å². The van der Waals surface area contributed by atoms with Gasteiger partial charge in [-0.15, -0.1) is 0 Å². The Morgan fingerprint density at radius 1 is 1.19 bits per heavy atom. The smallest absolute Gasteiger partial charge is 0.0637 e. The van der Waals surface area contributed by atoms with Gasteiger partial charge in [0.05, 0.1) is 10.0 Å². The van der Waals surface area contributed by atoms with Gasteiger partial charge < -0.3 is 0 Å². The van der Waals surface area contributed by atoms with Gasteiger partial charge in [0.15, 0.2) is 0 Å². The Hall–Kier alpha value is -0.280. The Morgan fingerprint density at radius 2 is 2.06 bits per heavy atom. The van der Waals surface area contributed by atoms with Crippen molar-refractivity contribution in [1.29, 1.82) is 0 Å². The number of rotatable bonds is 2. The lowest BCUT2D eigenvalue weighted by Crippen LogP contribution is -2.26. The molecule has 2 rings (SSSR count). The standard InChI is InChI=1S/C12H15Cl2N2/c13-11-4-1-3-10(12(11)14)9-16-7-2-5-15-6-8-16/h1,3-4H,2,5-9H2. The van der Waals surface area contributed by atoms with Crippen LogP contribution >= 0.6 is 23.2 Å². The molecule has 0 N–H and O–H groups in total. The number of benzene rings is 1. The average molecular weight is 258 g/mol. The van der Waals surface area contributed by atoms with Crippen LogP contribution in [0.3, 0.4) is 0 Å². The van der Waals surface area contributed by atoms with E-state index in [2.05, 4.69) is 10.2 Å². The summed E-state index contributed by atoms with van der Waals surface area (Å²) in [6, 6.07) is 5.81. The van der Waals surface area contributed by atoms with E-state index in [-0.39, 0.29) is 0 Å². The Morgan fingerprint density at radius 3 is 2.94 bits per heavy atom. The van der Waals surface area contributed by atoms with E-state index in [1.54, 1.807) is 0 Å². The molecule has 0 aromatic heterocycles. The van der Waals surface area contributed by atoms with Crippen LogP contribution in [-0.2, 0) is 6.54 Å². The number of hydrogen-bond donors (Lipinski definition) is 0. The topological polar surface area (TPSA) is 17.3 Å². The maximum absolute atomic E-state index is 6.17. The molecule has 1 aromatic carbocycles. The highest BCUT2D eigenvalue weighted by Gasteiger charge is 2.12. The van der Waals surface area contributed by atoms with E-state index in [0.717, 1.165) is 44.7 Å². The molecule has 0 amide bonds. The first-order valence-corrected chi connectivity index (χ1v) is 6.31. The molecule has 0 aliphatic carbocycles. The summed E-state index contributed by atoms with van der Waals surface area (Å²) in [7, 11) is 0. The lowest BCUT2D eigenvalue weighted by Gasteiger charge is -2.20. The molecular weight excluding hydrogens is 243 g/mol. The summed E-state index contributed by atoms with van der Waals surface area (Å²) in [5.74, 6) is 0. The first-order chi connectivity index (χ1) is 7.77. The van der Waals surface area contributed by atoms with E-state index in [1.165, 1.54) is 0 Å². The van der Waals surface area contributed by atoms with Crippen molar-refractivity contribution < 1.29 is 0 Å². The highest BCUT2D eigenvalue weighted by molar-refractivity contribution is 6.42. The highest BCUT2D eigenvalue weighted by Crippen LogP contribution is 2.26. The normalized spacial score (nSPS) is 18.4. The largest absolute Gasteiger partial charge is 0.298 e. The molecule has 1 aliphatic rings. The third-order valence-electron chi connectivity index (χ3n) is 2.79. The van der Waals surface area contributed by atoms with Crippen molar-refractivity contribution in [3.63, 3.8) is 0 Å². The molecule has 16 heavy (non-hydrogen) atoms. The lowest BCUT2D eigenvalue weighted by atomic mass is 10.2. The molecule has 1 radical (unpaired) electrons. The van der Waals surface area contributed by atoms with Crippen molar-refractivity contribution in [2.24, 2.45) is 0 Å². The molecule has 0 unspecified atom stereocenters. The minimum absolute atomic E-state index is 0.638. The fourth-order valence-electron chi connectivity index (χ4n) is 1.91. The van der Waals surface area contributed by atoms with Gasteiger partial charge in [-0.25, -0.2) is 5.32 Å². The molecule has 1 aliphatic heterocycles. The predicted octanol–water partition coefficient (Wildman–Crippen LogP) is 2.80. The van der Waals surface area contributed by atoms with Crippen molar-refractivity contribution in [2.45, 2.75) is 13.0 Å². The summed E-state index contributed by atoms with van der Waals surface area (Å²) in [6.45, 7) is 4.89. The summed E-state index contributed by atoms with van der Waals surface area (Å²) < 4.78 is 0. The van der Waals surface area contributed by atoms with Crippen molar-refractivity contribution >= 4 is 23.2 Å². The fourth-order valence-corrected chi connectivity index (χ4v) is 2.29. The van der Waals surface area contributed by atoms with E-state index in [0.29, 0.717) is 10.0 Å². The summed E-state index contributed by atoms with van der Waals surface area (Å²) in [5, 5.41) is 5.73. The van der Waals surface area contributed by atoms with Gasteiger partial charge in [0.1, 0.15) is 0 Å². The zero-order chi connectivity index (χ0) is 11.4. The third kappa shape index (κ3) is 3.11. The van der Waals surface area contributed by atoms with Crippen LogP contribution in [0.1, 0.15) is 12.0 Å². The fraction of sp³-hybridized carbons (Fsp3) is 0.500. The molecule has 1 heterocycles. The van der Waals surface area contributed by atoms with Crippen molar-refractivity contribution in [1.82, 2.24) is 10.2 Å². The molecule has 0 bridgehead atoms. The molecule has 1 saturated heterocycles. The SMILES string of the molecule is Clc1cccc(CN2CCC[N]CC2)c1Cl. The van der Waals surface area contributed by atoms with Crippen LogP contribution in [0, 0.1) is 0 Å². The lowest BCUT2D eigenvalue weighted by molar-refractivity contribution is 0.284. The Kier molecular flexibility index (Phi) is 4.47. The molecular formula is C12H15Cl2N2. The Balaban J connectivity index is 2.04. The minimum Gasteiger partial charge on any atom is -0.298 e. The highest BCUT2D eigenvalue weighted by atomic mass is 35.5. The summed E-state index contributed by atoms with van der Waals surface area (Å²) in [6.07, 6.45) is 1.14. The molecule has 0 spiro atoms. The quantitative estimate of drug-likeness (QED) is 0.797. The molecule has 0 atom stereocenters. The molecule has 87 valence electrons. The van der Waals surface area contributed by atoms with Gasteiger partial charge in [0, 0.05) is 26.2 Å². The second-order valence-corrected chi connectivity index (χ2v) is 4.80. The zero-order valence-corrected chi connectivity index (χ0v) is 10.6. The van der Waals surface area contributed by atoms with Crippen LogP contribution in [0.15, 0.2) is 18.2 Å². The van der Waals surface area contributed by atoms with Crippen LogP contribution in [0.2, 0.25) is 10.0 Å². The Labute approximate surface area is 107 Å². The maximum atomic E-state index is 6.17. The van der Waals surface area contributed by atoms with Gasteiger partial charge in [-0.1, -0.05) is 35.3 Å². The molecule has 0 saturated carbocycles. The minimum atomic E-state index is 0.638. The Bertz CT molecular complexity index is 347. The zero-order valence-electron chi connectivity index (χ0n) is 9.13. The summed E-state index contributed by atoms with van der Waals surface area (Å²) >= 11 is 12.2. The third-order valence-corrected chi connectivity index (χ3v) is 3.65. The molecule has 2 nitrogen and oxygen atoms in total.